The second-order valence-electron chi connectivity index (χ2n) is 8.42. The Hall–Kier alpha value is -3.68. The zero-order valence-electron chi connectivity index (χ0n) is 19.1. The summed E-state index contributed by atoms with van der Waals surface area (Å²) in [6.45, 7) is 4.37. The van der Waals surface area contributed by atoms with E-state index >= 15 is 0 Å². The van der Waals surface area contributed by atoms with Gasteiger partial charge in [-0.15, -0.1) is 0 Å². The van der Waals surface area contributed by atoms with Gasteiger partial charge in [-0.3, -0.25) is 4.79 Å². The van der Waals surface area contributed by atoms with Crippen LogP contribution in [0.2, 0.25) is 0 Å². The van der Waals surface area contributed by atoms with Crippen LogP contribution in [0, 0.1) is 0 Å². The minimum absolute atomic E-state index is 0.0544. The predicted octanol–water partition coefficient (Wildman–Crippen LogP) is 3.89. The van der Waals surface area contributed by atoms with Crippen molar-refractivity contribution in [2.24, 2.45) is 5.73 Å². The van der Waals surface area contributed by atoms with E-state index < -0.39 is 0 Å². The maximum Gasteiger partial charge on any atom is 0.253 e. The summed E-state index contributed by atoms with van der Waals surface area (Å²) in [5.74, 6) is 2.38. The summed E-state index contributed by atoms with van der Waals surface area (Å²) in [6, 6.07) is 23.4. The maximum atomic E-state index is 13.1. The fraction of sp³-hybridized carbons (Fsp3) is 0.259. The Morgan fingerprint density at radius 3 is 2.68 bits per heavy atom. The molecular weight excluding hydrogens is 426 g/mol. The summed E-state index contributed by atoms with van der Waals surface area (Å²) < 4.78 is 8.14. The van der Waals surface area contributed by atoms with Crippen LogP contribution in [0.1, 0.15) is 16.8 Å². The number of carbonyl (C=O) groups is 1. The molecule has 2 heterocycles. The Morgan fingerprint density at radius 2 is 1.82 bits per heavy atom. The molecule has 1 aromatic heterocycles. The SMILES string of the molecule is NCCn1c(-c2cccc(Oc3ccccc3)c2)nc2cc(C(=O)N3CCCNCC3)ccc21. The van der Waals surface area contributed by atoms with Crippen molar-refractivity contribution in [3.63, 3.8) is 0 Å². The molecule has 0 aliphatic carbocycles. The Bertz CT molecular complexity index is 1280. The molecule has 0 atom stereocenters. The topological polar surface area (TPSA) is 85.4 Å². The van der Waals surface area contributed by atoms with Gasteiger partial charge < -0.3 is 25.3 Å². The zero-order valence-corrected chi connectivity index (χ0v) is 19.1. The van der Waals surface area contributed by atoms with Gasteiger partial charge in [0.15, 0.2) is 0 Å². The third-order valence-electron chi connectivity index (χ3n) is 6.05. The van der Waals surface area contributed by atoms with Gasteiger partial charge in [-0.1, -0.05) is 30.3 Å². The second kappa shape index (κ2) is 10.1. The highest BCUT2D eigenvalue weighted by molar-refractivity contribution is 5.98. The first-order valence-corrected chi connectivity index (χ1v) is 11.8. The number of benzene rings is 3. The lowest BCUT2D eigenvalue weighted by Gasteiger charge is -2.20. The zero-order chi connectivity index (χ0) is 23.3. The summed E-state index contributed by atoms with van der Waals surface area (Å²) in [5.41, 5.74) is 9.29. The van der Waals surface area contributed by atoms with Crippen LogP contribution in [0.4, 0.5) is 0 Å². The van der Waals surface area contributed by atoms with E-state index in [4.69, 9.17) is 15.5 Å². The number of para-hydroxylation sites is 1. The van der Waals surface area contributed by atoms with Crippen LogP contribution in [0.15, 0.2) is 72.8 Å². The van der Waals surface area contributed by atoms with Crippen LogP contribution in [0.3, 0.4) is 0 Å². The van der Waals surface area contributed by atoms with Crippen LogP contribution in [-0.2, 0) is 6.54 Å². The van der Waals surface area contributed by atoms with E-state index in [2.05, 4.69) is 9.88 Å². The van der Waals surface area contributed by atoms with E-state index in [1.54, 1.807) is 0 Å². The minimum Gasteiger partial charge on any atom is -0.457 e. The van der Waals surface area contributed by atoms with Crippen molar-refractivity contribution in [1.82, 2.24) is 19.8 Å². The smallest absolute Gasteiger partial charge is 0.253 e. The van der Waals surface area contributed by atoms with Crippen LogP contribution >= 0.6 is 0 Å². The number of rotatable bonds is 6. The van der Waals surface area contributed by atoms with E-state index in [1.165, 1.54) is 0 Å². The van der Waals surface area contributed by atoms with Crippen LogP contribution in [-0.4, -0.2) is 53.1 Å². The van der Waals surface area contributed by atoms with E-state index in [0.29, 0.717) is 18.7 Å². The number of nitrogens with two attached hydrogens (primary N) is 1. The van der Waals surface area contributed by atoms with Gasteiger partial charge in [-0.2, -0.15) is 0 Å². The third-order valence-corrected chi connectivity index (χ3v) is 6.05. The first-order valence-electron chi connectivity index (χ1n) is 11.8. The van der Waals surface area contributed by atoms with Crippen molar-refractivity contribution in [3.8, 4) is 22.9 Å². The molecule has 0 unspecified atom stereocenters. The quantitative estimate of drug-likeness (QED) is 0.461. The first kappa shape index (κ1) is 22.1. The molecule has 0 radical (unpaired) electrons. The van der Waals surface area contributed by atoms with Gasteiger partial charge in [0.1, 0.15) is 17.3 Å². The van der Waals surface area contributed by atoms with Gasteiger partial charge in [0, 0.05) is 43.9 Å². The Morgan fingerprint density at radius 1 is 0.971 bits per heavy atom. The average molecular weight is 456 g/mol. The summed E-state index contributed by atoms with van der Waals surface area (Å²) in [6.07, 6.45) is 0.963. The summed E-state index contributed by atoms with van der Waals surface area (Å²) in [4.78, 5) is 20.0. The van der Waals surface area contributed by atoms with E-state index in [1.807, 2.05) is 77.7 Å². The lowest BCUT2D eigenvalue weighted by molar-refractivity contribution is 0.0766. The highest BCUT2D eigenvalue weighted by atomic mass is 16.5. The standard InChI is InChI=1S/C27H29N5O2/c28-12-16-32-25-11-10-21(27(33)31-15-5-13-29-14-17-31)19-24(25)30-26(32)20-6-4-9-23(18-20)34-22-7-2-1-3-8-22/h1-4,6-11,18-19,29H,5,12-17,28H2. The van der Waals surface area contributed by atoms with Crippen LogP contribution in [0.25, 0.3) is 22.4 Å². The van der Waals surface area contributed by atoms with Crippen LogP contribution < -0.4 is 15.8 Å². The average Bonchev–Trinajstić information content (AvgIpc) is 3.03. The molecule has 1 aliphatic heterocycles. The van der Waals surface area contributed by atoms with Crippen molar-refractivity contribution < 1.29 is 9.53 Å². The number of ether oxygens (including phenoxy) is 1. The fourth-order valence-electron chi connectivity index (χ4n) is 4.39. The van der Waals surface area contributed by atoms with Crippen LogP contribution in [0.5, 0.6) is 11.5 Å². The maximum absolute atomic E-state index is 13.1. The van der Waals surface area contributed by atoms with Gasteiger partial charge in [0.05, 0.1) is 11.0 Å². The Balaban J connectivity index is 1.49. The Kier molecular flexibility index (Phi) is 6.56. The molecule has 0 bridgehead atoms. The molecule has 0 spiro atoms. The largest absolute Gasteiger partial charge is 0.457 e. The number of nitrogens with one attached hydrogen (secondary N) is 1. The molecule has 3 aromatic carbocycles. The van der Waals surface area contributed by atoms with Gasteiger partial charge in [-0.25, -0.2) is 4.98 Å². The molecule has 174 valence electrons. The molecule has 1 amide bonds. The van der Waals surface area contributed by atoms with Gasteiger partial charge in [0.2, 0.25) is 0 Å². The molecule has 5 rings (SSSR count). The fourth-order valence-corrected chi connectivity index (χ4v) is 4.39. The number of aromatic nitrogens is 2. The van der Waals surface area contributed by atoms with Gasteiger partial charge in [0.25, 0.3) is 5.91 Å². The highest BCUT2D eigenvalue weighted by Gasteiger charge is 2.19. The number of fused-ring (bicyclic) bond motifs is 1. The Labute approximate surface area is 199 Å². The predicted molar refractivity (Wildman–Crippen MR) is 134 cm³/mol. The number of hydrogen-bond donors (Lipinski definition) is 2. The van der Waals surface area contributed by atoms with Crippen molar-refractivity contribution in [1.29, 1.82) is 0 Å². The van der Waals surface area contributed by atoms with Crippen molar-refractivity contribution in [2.45, 2.75) is 13.0 Å². The molecule has 7 nitrogen and oxygen atoms in total. The molecule has 1 saturated heterocycles. The first-order chi connectivity index (χ1) is 16.7. The molecule has 0 saturated carbocycles. The molecule has 1 fully saturated rings. The number of hydrogen-bond acceptors (Lipinski definition) is 5. The highest BCUT2D eigenvalue weighted by Crippen LogP contribution is 2.30. The van der Waals surface area contributed by atoms with Crippen molar-refractivity contribution in [3.05, 3.63) is 78.4 Å². The third kappa shape index (κ3) is 4.66. The normalized spacial score (nSPS) is 14.2. The summed E-state index contributed by atoms with van der Waals surface area (Å²) in [7, 11) is 0. The molecular formula is C27H29N5O2. The molecule has 1 aliphatic rings. The van der Waals surface area contributed by atoms with E-state index in [9.17, 15) is 4.79 Å². The molecule has 34 heavy (non-hydrogen) atoms. The lowest BCUT2D eigenvalue weighted by atomic mass is 10.1. The number of nitrogens with zero attached hydrogens (tertiary/aromatic N) is 3. The number of imidazole rings is 1. The van der Waals surface area contributed by atoms with Gasteiger partial charge in [-0.05, 0) is 55.4 Å². The number of amides is 1. The van der Waals surface area contributed by atoms with Crippen molar-refractivity contribution >= 4 is 16.9 Å². The lowest BCUT2D eigenvalue weighted by Crippen LogP contribution is -2.34. The molecule has 3 N–H and O–H groups in total. The van der Waals surface area contributed by atoms with Crippen molar-refractivity contribution in [2.75, 3.05) is 32.7 Å². The summed E-state index contributed by atoms with van der Waals surface area (Å²) in [5, 5.41) is 3.34. The number of carbonyl (C=O) groups excluding carboxylic acids is 1. The van der Waals surface area contributed by atoms with E-state index in [-0.39, 0.29) is 5.91 Å². The van der Waals surface area contributed by atoms with Gasteiger partial charge >= 0.3 is 0 Å². The second-order valence-corrected chi connectivity index (χ2v) is 8.42. The monoisotopic (exact) mass is 455 g/mol. The molecule has 7 heteroatoms. The minimum atomic E-state index is 0.0544. The molecule has 4 aromatic rings. The van der Waals surface area contributed by atoms with E-state index in [0.717, 1.165) is 66.5 Å². The summed E-state index contributed by atoms with van der Waals surface area (Å²) >= 11 is 0.